The number of nitrogens with zero attached hydrogens (tertiary/aromatic N) is 1. The minimum Gasteiger partial charge on any atom is -0.462 e. The van der Waals surface area contributed by atoms with E-state index >= 15 is 0 Å². The fraction of sp³-hybridized carbons (Fsp3) is 0.200. The molecule has 4 nitrogen and oxygen atoms in total. The second kappa shape index (κ2) is 8.74. The van der Waals surface area contributed by atoms with Gasteiger partial charge in [0.2, 0.25) is 0 Å². The number of esters is 1. The SMILES string of the molecule is CCOC(=O)c1ccccc1-n1c(C)cc(/C=C/C(=O)c2ccc(C)cc2)c1C. The van der Waals surface area contributed by atoms with E-state index < -0.39 is 0 Å². The number of para-hydroxylation sites is 1. The van der Waals surface area contributed by atoms with E-state index in [0.29, 0.717) is 17.7 Å². The molecule has 4 heteroatoms. The van der Waals surface area contributed by atoms with Crippen molar-refractivity contribution in [2.45, 2.75) is 27.7 Å². The normalized spacial score (nSPS) is 11.0. The summed E-state index contributed by atoms with van der Waals surface area (Å²) < 4.78 is 7.22. The maximum Gasteiger partial charge on any atom is 0.340 e. The minimum absolute atomic E-state index is 0.0401. The molecule has 0 fully saturated rings. The molecule has 0 spiro atoms. The Hall–Kier alpha value is -3.40. The van der Waals surface area contributed by atoms with Crippen molar-refractivity contribution in [1.82, 2.24) is 4.57 Å². The number of aromatic nitrogens is 1. The van der Waals surface area contributed by atoms with Crippen LogP contribution in [0.3, 0.4) is 0 Å². The summed E-state index contributed by atoms with van der Waals surface area (Å²) in [5, 5.41) is 0. The van der Waals surface area contributed by atoms with Gasteiger partial charge >= 0.3 is 5.97 Å². The monoisotopic (exact) mass is 387 g/mol. The van der Waals surface area contributed by atoms with E-state index in [1.165, 1.54) is 0 Å². The average Bonchev–Trinajstić information content (AvgIpc) is 3.00. The Morgan fingerprint density at radius 2 is 1.69 bits per heavy atom. The second-order valence-corrected chi connectivity index (χ2v) is 6.96. The Morgan fingerprint density at radius 1 is 1.00 bits per heavy atom. The second-order valence-electron chi connectivity index (χ2n) is 6.96. The Morgan fingerprint density at radius 3 is 2.38 bits per heavy atom. The smallest absolute Gasteiger partial charge is 0.340 e. The van der Waals surface area contributed by atoms with Crippen molar-refractivity contribution in [2.75, 3.05) is 6.61 Å². The lowest BCUT2D eigenvalue weighted by Crippen LogP contribution is -2.11. The van der Waals surface area contributed by atoms with E-state index in [-0.39, 0.29) is 11.8 Å². The molecule has 148 valence electrons. The number of aryl methyl sites for hydroxylation is 2. The molecule has 2 aromatic carbocycles. The summed E-state index contributed by atoms with van der Waals surface area (Å²) >= 11 is 0. The third-order valence-corrected chi connectivity index (χ3v) is 4.86. The molecule has 0 saturated carbocycles. The molecule has 0 N–H and O–H groups in total. The molecule has 0 radical (unpaired) electrons. The van der Waals surface area contributed by atoms with Crippen LogP contribution >= 0.6 is 0 Å². The van der Waals surface area contributed by atoms with Gasteiger partial charge in [0.25, 0.3) is 0 Å². The molecule has 29 heavy (non-hydrogen) atoms. The fourth-order valence-corrected chi connectivity index (χ4v) is 3.36. The van der Waals surface area contributed by atoms with E-state index in [9.17, 15) is 9.59 Å². The molecular weight excluding hydrogens is 362 g/mol. The number of carbonyl (C=O) groups is 2. The summed E-state index contributed by atoms with van der Waals surface area (Å²) in [5.41, 5.74) is 5.92. The summed E-state index contributed by atoms with van der Waals surface area (Å²) in [4.78, 5) is 24.8. The van der Waals surface area contributed by atoms with Crippen LogP contribution in [0.4, 0.5) is 0 Å². The van der Waals surface area contributed by atoms with Crippen molar-refractivity contribution in [3.05, 3.63) is 94.3 Å². The van der Waals surface area contributed by atoms with Gasteiger partial charge in [0, 0.05) is 17.0 Å². The highest BCUT2D eigenvalue weighted by Crippen LogP contribution is 2.25. The van der Waals surface area contributed by atoms with Gasteiger partial charge in [-0.15, -0.1) is 0 Å². The van der Waals surface area contributed by atoms with Crippen LogP contribution in [0.2, 0.25) is 0 Å². The van der Waals surface area contributed by atoms with Crippen LogP contribution in [0.15, 0.2) is 60.7 Å². The summed E-state index contributed by atoms with van der Waals surface area (Å²) in [6, 6.07) is 16.9. The summed E-state index contributed by atoms with van der Waals surface area (Å²) in [6.07, 6.45) is 3.42. The molecule has 0 atom stereocenters. The highest BCUT2D eigenvalue weighted by molar-refractivity contribution is 6.06. The molecule has 1 aromatic heterocycles. The van der Waals surface area contributed by atoms with Crippen molar-refractivity contribution in [3.8, 4) is 5.69 Å². The highest BCUT2D eigenvalue weighted by atomic mass is 16.5. The third kappa shape index (κ3) is 4.37. The summed E-state index contributed by atoms with van der Waals surface area (Å²) in [6.45, 7) is 8.07. The first-order valence-electron chi connectivity index (χ1n) is 9.67. The maximum atomic E-state index is 12.5. The first-order chi connectivity index (χ1) is 13.9. The minimum atomic E-state index is -0.345. The van der Waals surface area contributed by atoms with Crippen LogP contribution in [0.5, 0.6) is 0 Å². The van der Waals surface area contributed by atoms with Gasteiger partial charge in [0.1, 0.15) is 0 Å². The largest absolute Gasteiger partial charge is 0.462 e. The lowest BCUT2D eigenvalue weighted by molar-refractivity contribution is 0.0526. The van der Waals surface area contributed by atoms with Crippen LogP contribution in [0, 0.1) is 20.8 Å². The quantitative estimate of drug-likeness (QED) is 0.320. The third-order valence-electron chi connectivity index (χ3n) is 4.86. The van der Waals surface area contributed by atoms with Crippen LogP contribution in [0.1, 0.15) is 50.2 Å². The van der Waals surface area contributed by atoms with Gasteiger partial charge in [-0.25, -0.2) is 4.79 Å². The predicted molar refractivity (Wildman–Crippen MR) is 116 cm³/mol. The van der Waals surface area contributed by atoms with Gasteiger partial charge < -0.3 is 9.30 Å². The van der Waals surface area contributed by atoms with Crippen molar-refractivity contribution >= 4 is 17.8 Å². The number of allylic oxidation sites excluding steroid dienone is 1. The van der Waals surface area contributed by atoms with E-state index in [2.05, 4.69) is 0 Å². The number of benzene rings is 2. The summed E-state index contributed by atoms with van der Waals surface area (Å²) in [7, 11) is 0. The average molecular weight is 387 g/mol. The van der Waals surface area contributed by atoms with Crippen molar-refractivity contribution in [3.63, 3.8) is 0 Å². The molecule has 0 amide bonds. The van der Waals surface area contributed by atoms with Gasteiger partial charge in [0.15, 0.2) is 5.78 Å². The number of carbonyl (C=O) groups excluding carboxylic acids is 2. The van der Waals surface area contributed by atoms with Crippen LogP contribution < -0.4 is 0 Å². The molecular formula is C25H25NO3. The topological polar surface area (TPSA) is 48.3 Å². The van der Waals surface area contributed by atoms with Gasteiger partial charge in [0.05, 0.1) is 17.9 Å². The Balaban J connectivity index is 1.95. The number of ether oxygens (including phenoxy) is 1. The first kappa shape index (κ1) is 20.3. The van der Waals surface area contributed by atoms with Crippen molar-refractivity contribution in [2.24, 2.45) is 0 Å². The van der Waals surface area contributed by atoms with Gasteiger partial charge in [-0.3, -0.25) is 4.79 Å². The summed E-state index contributed by atoms with van der Waals surface area (Å²) in [5.74, 6) is -0.385. The van der Waals surface area contributed by atoms with Crippen LogP contribution in [-0.2, 0) is 4.74 Å². The zero-order chi connectivity index (χ0) is 21.0. The fourth-order valence-electron chi connectivity index (χ4n) is 3.36. The van der Waals surface area contributed by atoms with E-state index in [4.69, 9.17) is 4.74 Å². The molecule has 3 rings (SSSR count). The predicted octanol–water partition coefficient (Wildman–Crippen LogP) is 5.48. The highest BCUT2D eigenvalue weighted by Gasteiger charge is 2.17. The number of ketones is 1. The van der Waals surface area contributed by atoms with Gasteiger partial charge in [-0.1, -0.05) is 42.0 Å². The van der Waals surface area contributed by atoms with Crippen molar-refractivity contribution < 1.29 is 14.3 Å². The van der Waals surface area contributed by atoms with Crippen LogP contribution in [-0.4, -0.2) is 22.9 Å². The number of hydrogen-bond acceptors (Lipinski definition) is 3. The van der Waals surface area contributed by atoms with Gasteiger partial charge in [-0.2, -0.15) is 0 Å². The van der Waals surface area contributed by atoms with E-state index in [1.54, 1.807) is 19.1 Å². The Kier molecular flexibility index (Phi) is 6.13. The molecule has 3 aromatic rings. The maximum absolute atomic E-state index is 12.5. The zero-order valence-electron chi connectivity index (χ0n) is 17.2. The molecule has 0 aliphatic heterocycles. The molecule has 0 bridgehead atoms. The van der Waals surface area contributed by atoms with Gasteiger partial charge in [-0.05, 0) is 63.6 Å². The van der Waals surface area contributed by atoms with Crippen molar-refractivity contribution in [1.29, 1.82) is 0 Å². The Bertz CT molecular complexity index is 1070. The first-order valence-corrected chi connectivity index (χ1v) is 9.67. The molecule has 0 aliphatic carbocycles. The van der Waals surface area contributed by atoms with E-state index in [0.717, 1.165) is 28.2 Å². The Labute approximate surface area is 171 Å². The number of rotatable bonds is 6. The van der Waals surface area contributed by atoms with E-state index in [1.807, 2.05) is 79.9 Å². The van der Waals surface area contributed by atoms with Crippen LogP contribution in [0.25, 0.3) is 11.8 Å². The number of hydrogen-bond donors (Lipinski definition) is 0. The molecule has 1 heterocycles. The molecule has 0 saturated heterocycles. The standard InChI is InChI=1S/C25H25NO3/c1-5-29-25(28)22-8-6-7-9-23(22)26-18(3)16-21(19(26)4)14-15-24(27)20-12-10-17(2)11-13-20/h6-16H,5H2,1-4H3/b15-14+. The zero-order valence-corrected chi connectivity index (χ0v) is 17.2. The lowest BCUT2D eigenvalue weighted by Gasteiger charge is -2.14. The molecule has 0 unspecified atom stereocenters. The molecule has 0 aliphatic rings. The lowest BCUT2D eigenvalue weighted by atomic mass is 10.1.